The summed E-state index contributed by atoms with van der Waals surface area (Å²) < 4.78 is 0. The number of hydrogen-bond donors (Lipinski definition) is 1. The molecule has 144 valence electrons. The van der Waals surface area contributed by atoms with Crippen molar-refractivity contribution in [3.63, 3.8) is 0 Å². The molecule has 0 aliphatic carbocycles. The number of rotatable bonds is 9. The zero-order valence-electron chi connectivity index (χ0n) is 15.7. The van der Waals surface area contributed by atoms with Gasteiger partial charge >= 0.3 is 0 Å². The van der Waals surface area contributed by atoms with Crippen molar-refractivity contribution in [2.24, 2.45) is 0 Å². The first-order chi connectivity index (χ1) is 13.1. The molecule has 6 heteroatoms. The van der Waals surface area contributed by atoms with Crippen LogP contribution >= 0.6 is 23.4 Å². The van der Waals surface area contributed by atoms with Gasteiger partial charge in [0.05, 0.1) is 5.75 Å². The number of halogens is 1. The van der Waals surface area contributed by atoms with Gasteiger partial charge in [0.25, 0.3) is 0 Å². The standard InChI is InChI=1S/C21H25ClN2O2S/c1-3-19(21(26)23-4-2)24(14-16-10-8-9-13-18(16)22)20(25)15-27-17-11-6-5-7-12-17/h5-13,19H,3-4,14-15H2,1-2H3,(H,23,26)/t19-/m0/s1. The van der Waals surface area contributed by atoms with Gasteiger partial charge < -0.3 is 10.2 Å². The van der Waals surface area contributed by atoms with Crippen molar-refractivity contribution >= 4 is 35.2 Å². The summed E-state index contributed by atoms with van der Waals surface area (Å²) >= 11 is 7.76. The molecule has 1 N–H and O–H groups in total. The fourth-order valence-corrected chi connectivity index (χ4v) is 3.77. The lowest BCUT2D eigenvalue weighted by Gasteiger charge is -2.30. The Labute approximate surface area is 170 Å². The van der Waals surface area contributed by atoms with E-state index < -0.39 is 6.04 Å². The number of nitrogens with zero attached hydrogens (tertiary/aromatic N) is 1. The summed E-state index contributed by atoms with van der Waals surface area (Å²) in [7, 11) is 0. The lowest BCUT2D eigenvalue weighted by atomic mass is 10.1. The predicted octanol–water partition coefficient (Wildman–Crippen LogP) is 4.38. The van der Waals surface area contributed by atoms with E-state index in [1.165, 1.54) is 11.8 Å². The SMILES string of the molecule is CCNC(=O)[C@H](CC)N(Cc1ccccc1Cl)C(=O)CSc1ccccc1. The Morgan fingerprint density at radius 3 is 2.37 bits per heavy atom. The number of likely N-dealkylation sites (N-methyl/N-ethyl adjacent to an activating group) is 1. The van der Waals surface area contributed by atoms with Crippen molar-refractivity contribution in [2.45, 2.75) is 37.8 Å². The number of benzene rings is 2. The normalized spacial score (nSPS) is 11.7. The number of nitrogens with one attached hydrogen (secondary N) is 1. The first-order valence-electron chi connectivity index (χ1n) is 9.05. The van der Waals surface area contributed by atoms with E-state index in [1.807, 2.05) is 62.4 Å². The van der Waals surface area contributed by atoms with Gasteiger partial charge in [0.1, 0.15) is 6.04 Å². The van der Waals surface area contributed by atoms with Crippen LogP contribution in [-0.2, 0) is 16.1 Å². The van der Waals surface area contributed by atoms with E-state index in [0.717, 1.165) is 10.5 Å². The average molecular weight is 405 g/mol. The molecule has 0 aliphatic rings. The molecule has 0 aromatic heterocycles. The minimum Gasteiger partial charge on any atom is -0.355 e. The third kappa shape index (κ3) is 6.29. The highest BCUT2D eigenvalue weighted by molar-refractivity contribution is 8.00. The summed E-state index contributed by atoms with van der Waals surface area (Å²) in [6.45, 7) is 4.62. The molecule has 0 saturated heterocycles. The lowest BCUT2D eigenvalue weighted by molar-refractivity contribution is -0.139. The molecule has 0 heterocycles. The summed E-state index contributed by atoms with van der Waals surface area (Å²) in [6.07, 6.45) is 0.540. The molecule has 0 unspecified atom stereocenters. The molecule has 2 rings (SSSR count). The summed E-state index contributed by atoms with van der Waals surface area (Å²) in [5.74, 6) is 0.0525. The van der Waals surface area contributed by atoms with Gasteiger partial charge in [-0.15, -0.1) is 11.8 Å². The van der Waals surface area contributed by atoms with Crippen LogP contribution in [0.4, 0.5) is 0 Å². The predicted molar refractivity (Wildman–Crippen MR) is 112 cm³/mol. The number of amides is 2. The third-order valence-corrected chi connectivity index (χ3v) is 5.51. The molecule has 0 fully saturated rings. The zero-order valence-corrected chi connectivity index (χ0v) is 17.2. The monoisotopic (exact) mass is 404 g/mol. The summed E-state index contributed by atoms with van der Waals surface area (Å²) in [6, 6.07) is 16.7. The van der Waals surface area contributed by atoms with Crippen LogP contribution in [-0.4, -0.2) is 35.1 Å². The van der Waals surface area contributed by atoms with Gasteiger partial charge in [-0.1, -0.05) is 54.9 Å². The summed E-state index contributed by atoms with van der Waals surface area (Å²) in [5, 5.41) is 3.43. The Kier molecular flexibility index (Phi) is 8.69. The second-order valence-corrected chi connectivity index (χ2v) is 7.49. The molecule has 0 saturated carbocycles. The maximum Gasteiger partial charge on any atom is 0.242 e. The van der Waals surface area contributed by atoms with Crippen molar-refractivity contribution < 1.29 is 9.59 Å². The zero-order chi connectivity index (χ0) is 19.6. The minimum absolute atomic E-state index is 0.0816. The van der Waals surface area contributed by atoms with Gasteiger partial charge in [-0.3, -0.25) is 9.59 Å². The van der Waals surface area contributed by atoms with Crippen molar-refractivity contribution in [1.29, 1.82) is 0 Å². The molecule has 4 nitrogen and oxygen atoms in total. The van der Waals surface area contributed by atoms with Gasteiger partial charge in [0, 0.05) is 23.0 Å². The van der Waals surface area contributed by atoms with Crippen LogP contribution in [0.5, 0.6) is 0 Å². The maximum atomic E-state index is 13.0. The van der Waals surface area contributed by atoms with E-state index >= 15 is 0 Å². The molecule has 0 bridgehead atoms. The number of carbonyl (C=O) groups excluding carboxylic acids is 2. The van der Waals surface area contributed by atoms with Crippen LogP contribution in [0.2, 0.25) is 5.02 Å². The topological polar surface area (TPSA) is 49.4 Å². The quantitative estimate of drug-likeness (QED) is 0.631. The number of thioether (sulfide) groups is 1. The highest BCUT2D eigenvalue weighted by Crippen LogP contribution is 2.22. The van der Waals surface area contributed by atoms with Crippen LogP contribution in [0, 0.1) is 0 Å². The first kappa shape index (κ1) is 21.3. The lowest BCUT2D eigenvalue weighted by Crippen LogP contribution is -2.49. The van der Waals surface area contributed by atoms with Crippen molar-refractivity contribution in [3.05, 3.63) is 65.2 Å². The van der Waals surface area contributed by atoms with E-state index in [9.17, 15) is 9.59 Å². The molecule has 1 atom stereocenters. The Bertz CT molecular complexity index is 755. The van der Waals surface area contributed by atoms with Crippen molar-refractivity contribution in [3.8, 4) is 0 Å². The molecule has 2 aromatic carbocycles. The fourth-order valence-electron chi connectivity index (χ4n) is 2.77. The van der Waals surface area contributed by atoms with E-state index in [-0.39, 0.29) is 17.6 Å². The fraction of sp³-hybridized carbons (Fsp3) is 0.333. The van der Waals surface area contributed by atoms with Gasteiger partial charge in [-0.25, -0.2) is 0 Å². The smallest absolute Gasteiger partial charge is 0.242 e. The molecule has 2 amide bonds. The highest BCUT2D eigenvalue weighted by Gasteiger charge is 2.28. The van der Waals surface area contributed by atoms with E-state index in [1.54, 1.807) is 11.0 Å². The maximum absolute atomic E-state index is 13.0. The Morgan fingerprint density at radius 1 is 1.07 bits per heavy atom. The van der Waals surface area contributed by atoms with Crippen LogP contribution in [0.25, 0.3) is 0 Å². The minimum atomic E-state index is -0.523. The molecular weight excluding hydrogens is 380 g/mol. The molecular formula is C21H25ClN2O2S. The first-order valence-corrected chi connectivity index (χ1v) is 10.4. The molecule has 0 radical (unpaired) electrons. The van der Waals surface area contributed by atoms with Crippen LogP contribution in [0.3, 0.4) is 0 Å². The second kappa shape index (κ2) is 11.0. The Hall–Kier alpha value is -1.98. The van der Waals surface area contributed by atoms with Crippen LogP contribution in [0.1, 0.15) is 25.8 Å². The van der Waals surface area contributed by atoms with Crippen molar-refractivity contribution in [2.75, 3.05) is 12.3 Å². The van der Waals surface area contributed by atoms with E-state index in [4.69, 9.17) is 11.6 Å². The van der Waals surface area contributed by atoms with Crippen LogP contribution < -0.4 is 5.32 Å². The van der Waals surface area contributed by atoms with Gasteiger partial charge in [-0.05, 0) is 37.1 Å². The second-order valence-electron chi connectivity index (χ2n) is 6.03. The van der Waals surface area contributed by atoms with Gasteiger partial charge in [0.15, 0.2) is 0 Å². The highest BCUT2D eigenvalue weighted by atomic mass is 35.5. The molecule has 2 aromatic rings. The Balaban J connectivity index is 2.20. The third-order valence-electron chi connectivity index (χ3n) is 4.14. The van der Waals surface area contributed by atoms with Crippen LogP contribution in [0.15, 0.2) is 59.5 Å². The number of carbonyl (C=O) groups is 2. The van der Waals surface area contributed by atoms with Gasteiger partial charge in [0.2, 0.25) is 11.8 Å². The largest absolute Gasteiger partial charge is 0.355 e. The molecule has 0 spiro atoms. The van der Waals surface area contributed by atoms with E-state index in [0.29, 0.717) is 24.5 Å². The molecule has 0 aliphatic heterocycles. The van der Waals surface area contributed by atoms with Crippen molar-refractivity contribution in [1.82, 2.24) is 10.2 Å². The molecule has 27 heavy (non-hydrogen) atoms. The Morgan fingerprint density at radius 2 is 1.74 bits per heavy atom. The number of hydrogen-bond acceptors (Lipinski definition) is 3. The summed E-state index contributed by atoms with van der Waals surface area (Å²) in [5.41, 5.74) is 0.833. The average Bonchev–Trinajstić information content (AvgIpc) is 2.68. The van der Waals surface area contributed by atoms with Gasteiger partial charge in [-0.2, -0.15) is 0 Å². The van der Waals surface area contributed by atoms with E-state index in [2.05, 4.69) is 5.32 Å². The summed E-state index contributed by atoms with van der Waals surface area (Å²) in [4.78, 5) is 28.2.